The van der Waals surface area contributed by atoms with Gasteiger partial charge in [-0.05, 0) is 77.0 Å². The van der Waals surface area contributed by atoms with Gasteiger partial charge >= 0.3 is 17.9 Å². The number of rotatable bonds is 41. The van der Waals surface area contributed by atoms with Crippen LogP contribution < -0.4 is 0 Å². The molecule has 60 heavy (non-hydrogen) atoms. The third kappa shape index (κ3) is 45.2. The maximum absolute atomic E-state index is 12.7. The van der Waals surface area contributed by atoms with Crippen LogP contribution in [0.25, 0.3) is 0 Å². The molecule has 0 aliphatic rings. The molecule has 6 heteroatoms. The van der Waals surface area contributed by atoms with Gasteiger partial charge in [-0.2, -0.15) is 0 Å². The number of unbranched alkanes of at least 4 members (excludes halogenated alkanes) is 17. The van der Waals surface area contributed by atoms with E-state index in [1.165, 1.54) is 51.4 Å². The molecule has 0 rings (SSSR count). The Morgan fingerprint density at radius 1 is 0.383 bits per heavy atom. The molecule has 0 fully saturated rings. The van der Waals surface area contributed by atoms with Crippen LogP contribution in [0.5, 0.6) is 0 Å². The molecule has 1 atom stereocenters. The van der Waals surface area contributed by atoms with Gasteiger partial charge in [0, 0.05) is 12.8 Å². The van der Waals surface area contributed by atoms with E-state index in [1.54, 1.807) is 6.08 Å². The van der Waals surface area contributed by atoms with Crippen molar-refractivity contribution in [3.05, 3.63) is 109 Å². The van der Waals surface area contributed by atoms with Crippen LogP contribution in [-0.2, 0) is 28.6 Å². The second-order valence-electron chi connectivity index (χ2n) is 15.4. The van der Waals surface area contributed by atoms with Crippen LogP contribution in [0.2, 0.25) is 0 Å². The van der Waals surface area contributed by atoms with Crippen LogP contribution >= 0.6 is 0 Å². The lowest BCUT2D eigenvalue weighted by Gasteiger charge is -2.18. The minimum atomic E-state index is -0.829. The summed E-state index contributed by atoms with van der Waals surface area (Å²) in [6.07, 6.45) is 63.9. The largest absolute Gasteiger partial charge is 0.462 e. The smallest absolute Gasteiger partial charge is 0.309 e. The van der Waals surface area contributed by atoms with Crippen LogP contribution in [-0.4, -0.2) is 37.2 Å². The second kappa shape index (κ2) is 47.7. The first-order valence-corrected chi connectivity index (χ1v) is 24.0. The Bertz CT molecular complexity index is 1280. The summed E-state index contributed by atoms with van der Waals surface area (Å²) in [6.45, 7) is 6.22. The van der Waals surface area contributed by atoms with Crippen LogP contribution in [0.1, 0.15) is 194 Å². The zero-order valence-electron chi connectivity index (χ0n) is 38.4. The zero-order valence-corrected chi connectivity index (χ0v) is 38.4. The van der Waals surface area contributed by atoms with E-state index in [1.807, 2.05) is 6.08 Å². The summed E-state index contributed by atoms with van der Waals surface area (Å²) in [4.78, 5) is 37.7. The number of hydrogen-bond donors (Lipinski definition) is 0. The Morgan fingerprint density at radius 2 is 0.783 bits per heavy atom. The molecule has 0 aromatic heterocycles. The maximum Gasteiger partial charge on any atom is 0.309 e. The quantitative estimate of drug-likeness (QED) is 0.0201. The summed E-state index contributed by atoms with van der Waals surface area (Å²) in [5.74, 6) is -1.09. The molecule has 0 aromatic rings. The van der Waals surface area contributed by atoms with Crippen molar-refractivity contribution in [2.45, 2.75) is 200 Å². The van der Waals surface area contributed by atoms with Gasteiger partial charge < -0.3 is 14.2 Å². The zero-order chi connectivity index (χ0) is 43.7. The predicted octanol–water partition coefficient (Wildman–Crippen LogP) is 15.6. The summed E-state index contributed by atoms with van der Waals surface area (Å²) in [6, 6.07) is 0. The summed E-state index contributed by atoms with van der Waals surface area (Å²) >= 11 is 0. The molecule has 0 N–H and O–H groups in total. The van der Waals surface area contributed by atoms with Gasteiger partial charge in [-0.15, -0.1) is 0 Å². The minimum Gasteiger partial charge on any atom is -0.462 e. The molecule has 0 aromatic carbocycles. The van der Waals surface area contributed by atoms with Gasteiger partial charge in [0.05, 0.1) is 6.42 Å². The van der Waals surface area contributed by atoms with Crippen LogP contribution in [0.15, 0.2) is 109 Å². The van der Waals surface area contributed by atoms with Crippen molar-refractivity contribution < 1.29 is 28.6 Å². The van der Waals surface area contributed by atoms with Crippen molar-refractivity contribution in [1.29, 1.82) is 0 Å². The fourth-order valence-corrected chi connectivity index (χ4v) is 6.09. The average molecular weight is 831 g/mol. The molecule has 0 radical (unpaired) electrons. The molecule has 0 aliphatic carbocycles. The molecule has 0 saturated heterocycles. The number of allylic oxidation sites excluding steroid dienone is 17. The van der Waals surface area contributed by atoms with Gasteiger partial charge in [0.1, 0.15) is 13.2 Å². The van der Waals surface area contributed by atoms with Crippen molar-refractivity contribution in [2.24, 2.45) is 0 Å². The van der Waals surface area contributed by atoms with E-state index in [2.05, 4.69) is 118 Å². The topological polar surface area (TPSA) is 78.9 Å². The third-order valence-electron chi connectivity index (χ3n) is 9.65. The molecule has 0 amide bonds. The number of hydrogen-bond acceptors (Lipinski definition) is 6. The summed E-state index contributed by atoms with van der Waals surface area (Å²) in [5.41, 5.74) is 0. The SMILES string of the molecule is CC\C=C/C=C\C=C/CCCCCCCCCC(=O)OC(COC(=O)C/C=C\C/C=C\C/C=C\CC)COC(=O)CCCCCCC\C=C/C=C\C=C/CCCCCCC. The Hall–Kier alpha value is -3.93. The van der Waals surface area contributed by atoms with E-state index in [0.29, 0.717) is 6.42 Å². The highest BCUT2D eigenvalue weighted by Gasteiger charge is 2.19. The summed E-state index contributed by atoms with van der Waals surface area (Å²) in [7, 11) is 0. The Kier molecular flexibility index (Phi) is 44.6. The highest BCUT2D eigenvalue weighted by atomic mass is 16.6. The van der Waals surface area contributed by atoms with Crippen molar-refractivity contribution in [3.8, 4) is 0 Å². The van der Waals surface area contributed by atoms with E-state index in [-0.39, 0.29) is 38.0 Å². The molecule has 0 spiro atoms. The van der Waals surface area contributed by atoms with Gasteiger partial charge in [-0.3, -0.25) is 14.4 Å². The molecule has 338 valence electrons. The van der Waals surface area contributed by atoms with Crippen molar-refractivity contribution in [2.75, 3.05) is 13.2 Å². The fraction of sp³-hybridized carbons (Fsp3) is 0.611. The van der Waals surface area contributed by atoms with Crippen molar-refractivity contribution in [3.63, 3.8) is 0 Å². The second-order valence-corrected chi connectivity index (χ2v) is 15.4. The van der Waals surface area contributed by atoms with Crippen molar-refractivity contribution in [1.82, 2.24) is 0 Å². The first kappa shape index (κ1) is 56.1. The van der Waals surface area contributed by atoms with Gasteiger partial charge in [0.15, 0.2) is 6.10 Å². The van der Waals surface area contributed by atoms with E-state index in [0.717, 1.165) is 103 Å². The average Bonchev–Trinajstić information content (AvgIpc) is 3.24. The van der Waals surface area contributed by atoms with Crippen LogP contribution in [0.4, 0.5) is 0 Å². The molecular formula is C54H86O6. The summed E-state index contributed by atoms with van der Waals surface area (Å²) < 4.78 is 16.6. The monoisotopic (exact) mass is 831 g/mol. The highest BCUT2D eigenvalue weighted by molar-refractivity contribution is 5.72. The number of carbonyl (C=O) groups excluding carboxylic acids is 3. The van der Waals surface area contributed by atoms with Gasteiger partial charge in [-0.25, -0.2) is 0 Å². The standard InChI is InChI=1S/C54H86O6/c1-4-7-10-13-16-19-21-23-25-26-27-29-30-32-35-38-41-44-47-53(56)59-50-51(49-58-52(55)46-43-40-37-34-18-15-12-9-6-3)60-54(57)48-45-42-39-36-33-31-28-24-22-20-17-14-11-8-5-2/h8-9,11-12,14,17-18,20-23,25-27,29,34,40,43,51H,4-7,10,13,15-16,19,24,28,30-33,35-39,41-42,44-50H2,1-3H3/b11-8-,12-9-,17-14-,22-20-,23-21-,26-25-,29-27-,34-18-,43-40-. The van der Waals surface area contributed by atoms with Gasteiger partial charge in [0.2, 0.25) is 0 Å². The first-order chi connectivity index (χ1) is 29.5. The van der Waals surface area contributed by atoms with E-state index >= 15 is 0 Å². The van der Waals surface area contributed by atoms with E-state index in [9.17, 15) is 14.4 Å². The normalized spacial score (nSPS) is 13.1. The molecule has 1 unspecified atom stereocenters. The molecule has 0 saturated carbocycles. The first-order valence-electron chi connectivity index (χ1n) is 24.0. The molecule has 0 heterocycles. The summed E-state index contributed by atoms with van der Waals surface area (Å²) in [5, 5.41) is 0. The van der Waals surface area contributed by atoms with Crippen LogP contribution in [0, 0.1) is 0 Å². The number of ether oxygens (including phenoxy) is 3. The number of esters is 3. The van der Waals surface area contributed by atoms with Gasteiger partial charge in [0.25, 0.3) is 0 Å². The van der Waals surface area contributed by atoms with Crippen molar-refractivity contribution >= 4 is 17.9 Å². The third-order valence-corrected chi connectivity index (χ3v) is 9.65. The predicted molar refractivity (Wildman–Crippen MR) is 256 cm³/mol. The maximum atomic E-state index is 12.7. The molecule has 0 aliphatic heterocycles. The van der Waals surface area contributed by atoms with Crippen LogP contribution in [0.3, 0.4) is 0 Å². The Balaban J connectivity index is 4.47. The minimum absolute atomic E-state index is 0.123. The molecule has 0 bridgehead atoms. The van der Waals surface area contributed by atoms with E-state index < -0.39 is 12.1 Å². The number of carbonyl (C=O) groups is 3. The fourth-order valence-electron chi connectivity index (χ4n) is 6.09. The van der Waals surface area contributed by atoms with Gasteiger partial charge in [-0.1, -0.05) is 207 Å². The Labute approximate surface area is 368 Å². The lowest BCUT2D eigenvalue weighted by atomic mass is 10.1. The Morgan fingerprint density at radius 3 is 1.28 bits per heavy atom. The molecular weight excluding hydrogens is 745 g/mol. The lowest BCUT2D eigenvalue weighted by Crippen LogP contribution is -2.30. The van der Waals surface area contributed by atoms with E-state index in [4.69, 9.17) is 14.2 Å². The lowest BCUT2D eigenvalue weighted by molar-refractivity contribution is -0.166. The highest BCUT2D eigenvalue weighted by Crippen LogP contribution is 2.13. The molecule has 6 nitrogen and oxygen atoms in total.